The number of benzene rings is 1. The normalized spacial score (nSPS) is 11.7. The summed E-state index contributed by atoms with van der Waals surface area (Å²) in [6.45, 7) is 9.27. The second-order valence-corrected chi connectivity index (χ2v) is 12.7. The minimum Gasteiger partial charge on any atom is -0.491 e. The van der Waals surface area contributed by atoms with Crippen LogP contribution in [-0.2, 0) is 4.74 Å². The molecule has 3 heteroatoms. The van der Waals surface area contributed by atoms with Crippen molar-refractivity contribution in [3.63, 3.8) is 0 Å². The van der Waals surface area contributed by atoms with Crippen molar-refractivity contribution in [3.8, 4) is 5.75 Å². The van der Waals surface area contributed by atoms with Gasteiger partial charge in [0, 0.05) is 6.61 Å². The Hall–Kier alpha value is -0.803. The summed E-state index contributed by atoms with van der Waals surface area (Å²) < 4.78 is 11.6. The van der Waals surface area contributed by atoms with Gasteiger partial charge in [-0.25, -0.2) is 0 Å². The third-order valence-electron chi connectivity index (χ3n) is 5.42. The molecule has 0 aromatic heterocycles. The van der Waals surface area contributed by atoms with Gasteiger partial charge in [0.1, 0.15) is 12.4 Å². The van der Waals surface area contributed by atoms with Gasteiger partial charge in [-0.15, -0.1) is 0 Å². The van der Waals surface area contributed by atoms with Gasteiger partial charge in [-0.3, -0.25) is 0 Å². The molecule has 0 aliphatic carbocycles. The molecular weight excluding hydrogens is 336 g/mol. The van der Waals surface area contributed by atoms with Crippen molar-refractivity contribution < 1.29 is 9.47 Å². The fraction of sp³-hybridized carbons (Fsp3) is 0.739. The molecule has 1 aromatic rings. The van der Waals surface area contributed by atoms with Gasteiger partial charge in [0.2, 0.25) is 0 Å². The monoisotopic (exact) mass is 378 g/mol. The third kappa shape index (κ3) is 10.4. The molecule has 0 aliphatic rings. The van der Waals surface area contributed by atoms with E-state index in [0.717, 1.165) is 12.4 Å². The summed E-state index contributed by atoms with van der Waals surface area (Å²) in [5.41, 5.74) is 0. The highest BCUT2D eigenvalue weighted by Gasteiger charge is 2.30. The molecule has 0 saturated heterocycles. The summed E-state index contributed by atoms with van der Waals surface area (Å²) in [7, 11) is -1.09. The zero-order valence-electron chi connectivity index (χ0n) is 17.6. The highest BCUT2D eigenvalue weighted by atomic mass is 28.3. The smallest absolute Gasteiger partial charge is 0.119 e. The lowest BCUT2D eigenvalue weighted by Crippen LogP contribution is -2.34. The first-order valence-electron chi connectivity index (χ1n) is 11.0. The zero-order valence-corrected chi connectivity index (χ0v) is 18.6. The van der Waals surface area contributed by atoms with Crippen molar-refractivity contribution in [2.24, 2.45) is 0 Å². The van der Waals surface area contributed by atoms with Gasteiger partial charge in [0.25, 0.3) is 0 Å². The maximum atomic E-state index is 5.86. The molecule has 1 aromatic carbocycles. The highest BCUT2D eigenvalue weighted by molar-refractivity contribution is 6.79. The van der Waals surface area contributed by atoms with E-state index in [2.05, 4.69) is 20.8 Å². The van der Waals surface area contributed by atoms with E-state index in [4.69, 9.17) is 9.47 Å². The molecule has 0 saturated carbocycles. The van der Waals surface area contributed by atoms with Gasteiger partial charge in [-0.1, -0.05) is 102 Å². The van der Waals surface area contributed by atoms with E-state index in [1.165, 1.54) is 51.0 Å². The summed E-state index contributed by atoms with van der Waals surface area (Å²) >= 11 is 0. The predicted molar refractivity (Wildman–Crippen MR) is 117 cm³/mol. The summed E-state index contributed by atoms with van der Waals surface area (Å²) in [5.74, 6) is 0.932. The van der Waals surface area contributed by atoms with Crippen LogP contribution in [0.1, 0.15) is 65.7 Å². The number of para-hydroxylation sites is 1. The third-order valence-corrected chi connectivity index (χ3v) is 11.1. The minimum absolute atomic E-state index is 0.647. The molecule has 0 amide bonds. The average Bonchev–Trinajstić information content (AvgIpc) is 2.68. The van der Waals surface area contributed by atoms with E-state index < -0.39 is 8.07 Å². The van der Waals surface area contributed by atoms with E-state index >= 15 is 0 Å². The van der Waals surface area contributed by atoms with Crippen LogP contribution in [0.4, 0.5) is 0 Å². The lowest BCUT2D eigenvalue weighted by Gasteiger charge is -2.32. The van der Waals surface area contributed by atoms with Crippen LogP contribution in [0, 0.1) is 0 Å². The second kappa shape index (κ2) is 15.3. The molecule has 0 radical (unpaired) electrons. The molecule has 0 heterocycles. The molecule has 0 N–H and O–H groups in total. The van der Waals surface area contributed by atoms with E-state index in [-0.39, 0.29) is 0 Å². The topological polar surface area (TPSA) is 18.5 Å². The van der Waals surface area contributed by atoms with Crippen LogP contribution in [0.25, 0.3) is 0 Å². The van der Waals surface area contributed by atoms with Crippen LogP contribution in [-0.4, -0.2) is 27.9 Å². The zero-order chi connectivity index (χ0) is 18.9. The van der Waals surface area contributed by atoms with Gasteiger partial charge in [0.05, 0.1) is 14.7 Å². The molecule has 150 valence electrons. The van der Waals surface area contributed by atoms with Crippen LogP contribution in [0.15, 0.2) is 30.3 Å². The van der Waals surface area contributed by atoms with Gasteiger partial charge >= 0.3 is 0 Å². The van der Waals surface area contributed by atoms with Crippen molar-refractivity contribution in [2.45, 2.75) is 89.9 Å². The van der Waals surface area contributed by atoms with Gasteiger partial charge in [-0.2, -0.15) is 0 Å². The summed E-state index contributed by atoms with van der Waals surface area (Å²) in [6, 6.07) is 16.1. The molecule has 2 nitrogen and oxygen atoms in total. The lowest BCUT2D eigenvalue weighted by molar-refractivity contribution is 0.100. The number of hydrogen-bond acceptors (Lipinski definition) is 2. The van der Waals surface area contributed by atoms with Gasteiger partial charge in [-0.05, 0) is 18.6 Å². The average molecular weight is 379 g/mol. The lowest BCUT2D eigenvalue weighted by atomic mass is 10.3. The van der Waals surface area contributed by atoms with Crippen LogP contribution in [0.3, 0.4) is 0 Å². The van der Waals surface area contributed by atoms with Crippen molar-refractivity contribution in [1.29, 1.82) is 0 Å². The Balaban J connectivity index is 2.29. The molecule has 26 heavy (non-hydrogen) atoms. The van der Waals surface area contributed by atoms with E-state index in [9.17, 15) is 0 Å². The molecule has 0 atom stereocenters. The number of hydrogen-bond donors (Lipinski definition) is 0. The Labute approximate surface area is 163 Å². The number of unbranched alkanes of at least 4 members (excludes halogenated alkanes) is 3. The molecule has 0 bridgehead atoms. The molecule has 0 unspecified atom stereocenters. The maximum Gasteiger partial charge on any atom is 0.119 e. The molecular formula is C23H42O2Si. The Morgan fingerprint density at radius 3 is 1.73 bits per heavy atom. The SMILES string of the molecule is CCCC[Si](CCCC)(CCCC)CCCOCCOc1ccccc1. The van der Waals surface area contributed by atoms with E-state index in [0.29, 0.717) is 13.2 Å². The molecule has 0 aliphatic heterocycles. The Morgan fingerprint density at radius 2 is 1.19 bits per heavy atom. The molecule has 0 spiro atoms. The van der Waals surface area contributed by atoms with E-state index in [1.54, 1.807) is 18.1 Å². The van der Waals surface area contributed by atoms with Crippen molar-refractivity contribution in [2.75, 3.05) is 19.8 Å². The van der Waals surface area contributed by atoms with Crippen molar-refractivity contribution in [1.82, 2.24) is 0 Å². The minimum atomic E-state index is -1.09. The van der Waals surface area contributed by atoms with Gasteiger partial charge in [0.15, 0.2) is 0 Å². The first kappa shape index (κ1) is 23.2. The second-order valence-electron chi connectivity index (χ2n) is 7.69. The Bertz CT molecular complexity index is 400. The van der Waals surface area contributed by atoms with Crippen LogP contribution in [0.2, 0.25) is 24.2 Å². The first-order valence-corrected chi connectivity index (χ1v) is 13.8. The van der Waals surface area contributed by atoms with Crippen LogP contribution in [0.5, 0.6) is 5.75 Å². The molecule has 1 rings (SSSR count). The summed E-state index contributed by atoms with van der Waals surface area (Å²) in [5, 5.41) is 0. The summed E-state index contributed by atoms with van der Waals surface area (Å²) in [4.78, 5) is 0. The van der Waals surface area contributed by atoms with E-state index in [1.807, 2.05) is 30.3 Å². The highest BCUT2D eigenvalue weighted by Crippen LogP contribution is 2.33. The fourth-order valence-corrected chi connectivity index (χ4v) is 9.50. The maximum absolute atomic E-state index is 5.86. The Kier molecular flexibility index (Phi) is 13.7. The van der Waals surface area contributed by atoms with Crippen molar-refractivity contribution in [3.05, 3.63) is 30.3 Å². The van der Waals surface area contributed by atoms with Crippen molar-refractivity contribution >= 4 is 8.07 Å². The predicted octanol–water partition coefficient (Wildman–Crippen LogP) is 7.32. The largest absolute Gasteiger partial charge is 0.491 e. The standard InChI is InChI=1S/C23H42O2Si/c1-4-7-19-26(20-8-5-2,21-9-6-3)22-13-16-24-17-18-25-23-14-11-10-12-15-23/h10-12,14-15H,4-9,13,16-22H2,1-3H3. The molecule has 0 fully saturated rings. The number of rotatable bonds is 17. The fourth-order valence-electron chi connectivity index (χ4n) is 3.79. The first-order chi connectivity index (χ1) is 12.8. The summed E-state index contributed by atoms with van der Waals surface area (Å²) in [6.07, 6.45) is 9.60. The quantitative estimate of drug-likeness (QED) is 0.209. The van der Waals surface area contributed by atoms with Crippen LogP contribution < -0.4 is 4.74 Å². The Morgan fingerprint density at radius 1 is 0.654 bits per heavy atom. The van der Waals surface area contributed by atoms with Gasteiger partial charge < -0.3 is 9.47 Å². The van der Waals surface area contributed by atoms with Crippen LogP contribution >= 0.6 is 0 Å². The number of ether oxygens (including phenoxy) is 2.